The van der Waals surface area contributed by atoms with Crippen LogP contribution in [0.2, 0.25) is 0 Å². The lowest BCUT2D eigenvalue weighted by atomic mass is 9.93. The standard InChI is InChI=1S/C31H41N2O7PS/c1-20(2)17-33(42(37,38)27-11-9-26(39-5)10-12-27)18-30(36)25(19-41)16-29(35)24-8-6-7-23(15-24)28(34)13-14-31-21(3)32-22(4)40-31/h6-12,15,20,25,30,36H,13-14,16-19,41H2,1-5H3/t25-,30+/m0/s1. The Morgan fingerprint density at radius 3 is 2.24 bits per heavy atom. The zero-order valence-electron chi connectivity index (χ0n) is 24.9. The molecular formula is C31H41N2O7PS. The molecule has 1 N–H and O–H groups in total. The summed E-state index contributed by atoms with van der Waals surface area (Å²) >= 11 is 0. The van der Waals surface area contributed by atoms with Crippen molar-refractivity contribution in [2.45, 2.75) is 58.0 Å². The number of carbonyl (C=O) groups is 2. The Kier molecular flexibility index (Phi) is 12.0. The first-order valence-electron chi connectivity index (χ1n) is 14.0. The van der Waals surface area contributed by atoms with E-state index >= 15 is 0 Å². The van der Waals surface area contributed by atoms with Crippen molar-refractivity contribution in [1.29, 1.82) is 0 Å². The van der Waals surface area contributed by atoms with E-state index in [2.05, 4.69) is 14.2 Å². The lowest BCUT2D eigenvalue weighted by Gasteiger charge is -2.29. The fourth-order valence-electron chi connectivity index (χ4n) is 4.71. The number of benzene rings is 2. The molecule has 0 radical (unpaired) electrons. The summed E-state index contributed by atoms with van der Waals surface area (Å²) in [4.78, 5) is 30.5. The lowest BCUT2D eigenvalue weighted by molar-refractivity contribution is 0.0754. The van der Waals surface area contributed by atoms with E-state index in [0.29, 0.717) is 41.1 Å². The molecule has 0 aliphatic heterocycles. The van der Waals surface area contributed by atoms with E-state index < -0.39 is 22.0 Å². The number of aliphatic hydroxyl groups excluding tert-OH is 1. The van der Waals surface area contributed by atoms with E-state index in [-0.39, 0.29) is 48.3 Å². The van der Waals surface area contributed by atoms with Crippen molar-refractivity contribution >= 4 is 30.8 Å². The number of carbonyl (C=O) groups excluding carboxylic acids is 2. The average molecular weight is 617 g/mol. The van der Waals surface area contributed by atoms with Crippen LogP contribution in [0, 0.1) is 25.7 Å². The van der Waals surface area contributed by atoms with Gasteiger partial charge in [-0.2, -0.15) is 4.31 Å². The Morgan fingerprint density at radius 1 is 1.05 bits per heavy atom. The van der Waals surface area contributed by atoms with Crippen LogP contribution in [0.15, 0.2) is 57.8 Å². The molecule has 2 aromatic carbocycles. The Morgan fingerprint density at radius 2 is 1.69 bits per heavy atom. The van der Waals surface area contributed by atoms with E-state index in [1.54, 1.807) is 43.3 Å². The predicted octanol–water partition coefficient (Wildman–Crippen LogP) is 4.89. The molecule has 0 spiro atoms. The van der Waals surface area contributed by atoms with Gasteiger partial charge in [-0.25, -0.2) is 13.4 Å². The van der Waals surface area contributed by atoms with Gasteiger partial charge in [-0.15, -0.1) is 9.24 Å². The highest BCUT2D eigenvalue weighted by molar-refractivity contribution is 7.89. The Balaban J connectivity index is 1.70. The summed E-state index contributed by atoms with van der Waals surface area (Å²) in [7, 11) is 0.145. The highest BCUT2D eigenvalue weighted by Gasteiger charge is 2.31. The molecule has 0 fully saturated rings. The monoisotopic (exact) mass is 616 g/mol. The number of ketones is 2. The summed E-state index contributed by atoms with van der Waals surface area (Å²) in [5.41, 5.74) is 1.55. The Labute approximate surface area is 250 Å². The van der Waals surface area contributed by atoms with Crippen molar-refractivity contribution in [1.82, 2.24) is 9.29 Å². The van der Waals surface area contributed by atoms with Gasteiger partial charge in [0.2, 0.25) is 10.0 Å². The number of sulfonamides is 1. The van der Waals surface area contributed by atoms with Gasteiger partial charge in [0.15, 0.2) is 17.5 Å². The number of hydrogen-bond donors (Lipinski definition) is 1. The topological polar surface area (TPSA) is 127 Å². The van der Waals surface area contributed by atoms with Crippen LogP contribution in [-0.2, 0) is 16.4 Å². The molecular weight excluding hydrogens is 575 g/mol. The Hall–Kier alpha value is -2.91. The van der Waals surface area contributed by atoms with Crippen LogP contribution in [0.5, 0.6) is 5.75 Å². The van der Waals surface area contributed by atoms with Gasteiger partial charge < -0.3 is 14.3 Å². The predicted molar refractivity (Wildman–Crippen MR) is 165 cm³/mol. The quantitative estimate of drug-likeness (QED) is 0.178. The van der Waals surface area contributed by atoms with Gasteiger partial charge in [0.05, 0.1) is 23.8 Å². The van der Waals surface area contributed by atoms with Crippen LogP contribution in [0.25, 0.3) is 0 Å². The van der Waals surface area contributed by atoms with Gasteiger partial charge >= 0.3 is 0 Å². The summed E-state index contributed by atoms with van der Waals surface area (Å²) in [6.07, 6.45) is -0.0703. The van der Waals surface area contributed by atoms with Gasteiger partial charge in [-0.05, 0) is 55.3 Å². The summed E-state index contributed by atoms with van der Waals surface area (Å²) in [6.45, 7) is 7.46. The molecule has 3 aromatic rings. The lowest BCUT2D eigenvalue weighted by Crippen LogP contribution is -2.43. The molecule has 228 valence electrons. The Bertz CT molecular complexity index is 1470. The van der Waals surface area contributed by atoms with E-state index in [1.165, 1.54) is 23.5 Å². The number of aromatic nitrogens is 1. The third-order valence-corrected chi connectivity index (χ3v) is 9.49. The largest absolute Gasteiger partial charge is 0.497 e. The van der Waals surface area contributed by atoms with Crippen molar-refractivity contribution in [3.8, 4) is 5.75 Å². The first kappa shape index (κ1) is 33.6. The summed E-state index contributed by atoms with van der Waals surface area (Å²) < 4.78 is 38.9. The van der Waals surface area contributed by atoms with Crippen LogP contribution < -0.4 is 4.74 Å². The number of Topliss-reactive ketones (excluding diaryl/α,β-unsaturated/α-hetero) is 2. The molecule has 9 nitrogen and oxygen atoms in total. The minimum atomic E-state index is -3.90. The van der Waals surface area contributed by atoms with Gasteiger partial charge in [-0.1, -0.05) is 32.0 Å². The van der Waals surface area contributed by atoms with E-state index in [9.17, 15) is 23.1 Å². The molecule has 0 aliphatic rings. The maximum Gasteiger partial charge on any atom is 0.243 e. The van der Waals surface area contributed by atoms with Crippen molar-refractivity contribution in [3.05, 3.63) is 77.0 Å². The molecule has 11 heteroatoms. The van der Waals surface area contributed by atoms with Crippen LogP contribution in [-0.4, -0.2) is 66.8 Å². The number of aliphatic hydroxyl groups is 1. The molecule has 0 saturated carbocycles. The van der Waals surface area contributed by atoms with Gasteiger partial charge in [0.25, 0.3) is 0 Å². The second-order valence-corrected chi connectivity index (χ2v) is 13.2. The van der Waals surface area contributed by atoms with Gasteiger partial charge in [0, 0.05) is 50.4 Å². The number of rotatable bonds is 16. The molecule has 1 heterocycles. The van der Waals surface area contributed by atoms with E-state index in [4.69, 9.17) is 9.15 Å². The molecule has 0 amide bonds. The SMILES string of the molecule is COc1ccc(S(=O)(=O)N(CC(C)C)C[C@@H](O)[C@H](CP)CC(=O)c2cccc(C(=O)CCc3oc(C)nc3C)c2)cc1. The molecule has 42 heavy (non-hydrogen) atoms. The maximum atomic E-state index is 13.5. The second kappa shape index (κ2) is 15.0. The van der Waals surface area contributed by atoms with Gasteiger partial charge in [-0.3, -0.25) is 9.59 Å². The van der Waals surface area contributed by atoms with Crippen molar-refractivity contribution in [2.75, 3.05) is 26.4 Å². The number of nitrogens with zero attached hydrogens (tertiary/aromatic N) is 2. The average Bonchev–Trinajstić information content (AvgIpc) is 3.29. The molecule has 3 rings (SSSR count). The highest BCUT2D eigenvalue weighted by atomic mass is 32.2. The van der Waals surface area contributed by atoms with Gasteiger partial charge in [0.1, 0.15) is 11.5 Å². The van der Waals surface area contributed by atoms with Crippen molar-refractivity contribution < 1.29 is 32.3 Å². The normalized spacial score (nSPS) is 13.4. The fourth-order valence-corrected chi connectivity index (χ4v) is 6.81. The maximum absolute atomic E-state index is 13.5. The van der Waals surface area contributed by atoms with E-state index in [0.717, 1.165) is 5.69 Å². The number of methoxy groups -OCH3 is 1. The fraction of sp³-hybridized carbons (Fsp3) is 0.452. The molecule has 1 aromatic heterocycles. The molecule has 1 unspecified atom stereocenters. The molecule has 3 atom stereocenters. The minimum absolute atomic E-state index is 0.00303. The summed E-state index contributed by atoms with van der Waals surface area (Å²) in [6, 6.07) is 12.7. The van der Waals surface area contributed by atoms with Crippen LogP contribution >= 0.6 is 9.24 Å². The number of aryl methyl sites for hydroxylation is 3. The van der Waals surface area contributed by atoms with Crippen LogP contribution in [0.4, 0.5) is 0 Å². The zero-order valence-corrected chi connectivity index (χ0v) is 26.8. The van der Waals surface area contributed by atoms with Crippen LogP contribution in [0.1, 0.15) is 64.7 Å². The minimum Gasteiger partial charge on any atom is -0.497 e. The van der Waals surface area contributed by atoms with E-state index in [1.807, 2.05) is 20.8 Å². The molecule has 0 saturated heterocycles. The second-order valence-electron chi connectivity index (χ2n) is 10.8. The molecule has 0 bridgehead atoms. The van der Waals surface area contributed by atoms with Crippen LogP contribution in [0.3, 0.4) is 0 Å². The zero-order chi connectivity index (χ0) is 31.0. The summed E-state index contributed by atoms with van der Waals surface area (Å²) in [5.74, 6) is 0.917. The van der Waals surface area contributed by atoms with Crippen molar-refractivity contribution in [3.63, 3.8) is 0 Å². The molecule has 0 aliphatic carbocycles. The smallest absolute Gasteiger partial charge is 0.243 e. The third-order valence-electron chi connectivity index (χ3n) is 7.04. The number of hydrogen-bond acceptors (Lipinski definition) is 8. The first-order chi connectivity index (χ1) is 19.8. The van der Waals surface area contributed by atoms with Crippen molar-refractivity contribution in [2.24, 2.45) is 11.8 Å². The number of ether oxygens (including phenoxy) is 1. The highest BCUT2D eigenvalue weighted by Crippen LogP contribution is 2.24. The number of oxazole rings is 1. The summed E-state index contributed by atoms with van der Waals surface area (Å²) in [5, 5.41) is 11.2. The third kappa shape index (κ3) is 8.80. The first-order valence-corrected chi connectivity index (χ1v) is 16.2.